The van der Waals surface area contributed by atoms with Crippen LogP contribution in [0.5, 0.6) is 0 Å². The first kappa shape index (κ1) is 18.9. The zero-order chi connectivity index (χ0) is 19.5. The Morgan fingerprint density at radius 3 is 2.82 bits per heavy atom. The molecular weight excluding hydrogens is 394 g/mol. The molecule has 0 bridgehead atoms. The minimum absolute atomic E-state index is 0.171. The Hall–Kier alpha value is -2.42. The summed E-state index contributed by atoms with van der Waals surface area (Å²) in [5, 5.41) is 5.73. The molecule has 0 unspecified atom stereocenters. The van der Waals surface area contributed by atoms with Gasteiger partial charge in [0.2, 0.25) is 0 Å². The van der Waals surface area contributed by atoms with Crippen molar-refractivity contribution in [2.24, 2.45) is 0 Å². The predicted octanol–water partition coefficient (Wildman–Crippen LogP) is 4.39. The fraction of sp³-hybridized carbons (Fsp3) is 0.250. The number of amides is 2. The Morgan fingerprint density at radius 1 is 1.18 bits per heavy atom. The van der Waals surface area contributed by atoms with Crippen molar-refractivity contribution < 1.29 is 14.3 Å². The van der Waals surface area contributed by atoms with E-state index in [0.717, 1.165) is 27.4 Å². The van der Waals surface area contributed by atoms with E-state index in [0.29, 0.717) is 23.5 Å². The molecule has 1 atom stereocenters. The van der Waals surface area contributed by atoms with E-state index >= 15 is 0 Å². The van der Waals surface area contributed by atoms with Crippen LogP contribution in [0.3, 0.4) is 0 Å². The molecule has 3 aromatic rings. The predicted molar refractivity (Wildman–Crippen MR) is 113 cm³/mol. The number of benzene rings is 2. The lowest BCUT2D eigenvalue weighted by atomic mass is 10.1. The third kappa shape index (κ3) is 4.19. The largest absolute Gasteiger partial charge is 0.368 e. The maximum absolute atomic E-state index is 12.6. The first-order valence-corrected chi connectivity index (χ1v) is 10.9. The number of nitrogens with one attached hydrogen (secondary N) is 2. The number of thiazole rings is 1. The van der Waals surface area contributed by atoms with Crippen LogP contribution in [0, 0.1) is 0 Å². The van der Waals surface area contributed by atoms with Crippen molar-refractivity contribution in [3.8, 4) is 0 Å². The quantitative estimate of drug-likeness (QED) is 0.607. The number of nitrogens with zero attached hydrogens (tertiary/aromatic N) is 1. The molecule has 0 spiro atoms. The van der Waals surface area contributed by atoms with Crippen LogP contribution < -0.4 is 10.6 Å². The van der Waals surface area contributed by atoms with Gasteiger partial charge in [0.1, 0.15) is 6.10 Å². The molecule has 28 heavy (non-hydrogen) atoms. The molecule has 0 aliphatic carbocycles. The van der Waals surface area contributed by atoms with Crippen molar-refractivity contribution in [1.29, 1.82) is 0 Å². The third-order valence-electron chi connectivity index (χ3n) is 4.42. The van der Waals surface area contributed by atoms with Gasteiger partial charge < -0.3 is 15.4 Å². The molecule has 0 saturated carbocycles. The molecule has 1 aliphatic heterocycles. The van der Waals surface area contributed by atoms with Crippen molar-refractivity contribution in [3.63, 3.8) is 0 Å². The van der Waals surface area contributed by atoms with Gasteiger partial charge in [0.05, 0.1) is 10.2 Å². The third-order valence-corrected chi connectivity index (χ3v) is 6.42. The van der Waals surface area contributed by atoms with Crippen LogP contribution in [0.1, 0.15) is 23.2 Å². The second-order valence-corrected chi connectivity index (χ2v) is 8.48. The SMILES string of the molecule is CSc1nc2ccc(NC(=O)c3cccc(NC(=O)[C@H]4CCCO4)c3)cc2s1. The van der Waals surface area contributed by atoms with E-state index < -0.39 is 6.10 Å². The Kier molecular flexibility index (Phi) is 5.61. The van der Waals surface area contributed by atoms with E-state index in [2.05, 4.69) is 15.6 Å². The highest BCUT2D eigenvalue weighted by Crippen LogP contribution is 2.30. The minimum Gasteiger partial charge on any atom is -0.368 e. The van der Waals surface area contributed by atoms with Gasteiger partial charge >= 0.3 is 0 Å². The standard InChI is InChI=1S/C20H19N3O3S2/c1-27-20-23-15-8-7-14(11-17(15)28-20)21-18(24)12-4-2-5-13(10-12)22-19(25)16-6-3-9-26-16/h2,4-5,7-8,10-11,16H,3,6,9H2,1H3,(H,21,24)(H,22,25)/t16-/m1/s1. The normalized spacial score (nSPS) is 16.2. The van der Waals surface area contributed by atoms with Crippen molar-refractivity contribution >= 4 is 56.5 Å². The summed E-state index contributed by atoms with van der Waals surface area (Å²) in [4.78, 5) is 29.3. The number of fused-ring (bicyclic) bond motifs is 1. The number of anilines is 2. The molecule has 144 valence electrons. The molecule has 2 amide bonds. The molecule has 8 heteroatoms. The first-order chi connectivity index (χ1) is 13.6. The van der Waals surface area contributed by atoms with Gasteiger partial charge in [-0.3, -0.25) is 9.59 Å². The number of hydrogen-bond acceptors (Lipinski definition) is 6. The van der Waals surface area contributed by atoms with E-state index in [9.17, 15) is 9.59 Å². The fourth-order valence-electron chi connectivity index (χ4n) is 3.02. The summed E-state index contributed by atoms with van der Waals surface area (Å²) in [6.07, 6.45) is 3.20. The molecule has 1 saturated heterocycles. The average molecular weight is 414 g/mol. The highest BCUT2D eigenvalue weighted by atomic mass is 32.2. The lowest BCUT2D eigenvalue weighted by Gasteiger charge is -2.11. The van der Waals surface area contributed by atoms with Crippen molar-refractivity contribution in [3.05, 3.63) is 48.0 Å². The highest BCUT2D eigenvalue weighted by Gasteiger charge is 2.23. The Labute approximate surface area is 170 Å². The van der Waals surface area contributed by atoms with Gasteiger partial charge in [-0.15, -0.1) is 11.3 Å². The Bertz CT molecular complexity index is 1030. The summed E-state index contributed by atoms with van der Waals surface area (Å²) >= 11 is 3.20. The van der Waals surface area contributed by atoms with Gasteiger partial charge in [0, 0.05) is 23.5 Å². The fourth-order valence-corrected chi connectivity index (χ4v) is 4.55. The van der Waals surface area contributed by atoms with Crippen molar-refractivity contribution in [2.75, 3.05) is 23.5 Å². The summed E-state index contributed by atoms with van der Waals surface area (Å²) in [6.45, 7) is 0.614. The zero-order valence-corrected chi connectivity index (χ0v) is 16.9. The first-order valence-electron chi connectivity index (χ1n) is 8.91. The average Bonchev–Trinajstić information content (AvgIpc) is 3.37. The summed E-state index contributed by atoms with van der Waals surface area (Å²) in [7, 11) is 0. The number of carbonyl (C=O) groups is 2. The van der Waals surface area contributed by atoms with Gasteiger partial charge in [-0.2, -0.15) is 0 Å². The lowest BCUT2D eigenvalue weighted by molar-refractivity contribution is -0.124. The van der Waals surface area contributed by atoms with Crippen LogP contribution in [0.15, 0.2) is 46.8 Å². The Balaban J connectivity index is 1.46. The van der Waals surface area contributed by atoms with Crippen LogP contribution in [0.4, 0.5) is 11.4 Å². The van der Waals surface area contributed by atoms with Crippen LogP contribution >= 0.6 is 23.1 Å². The highest BCUT2D eigenvalue weighted by molar-refractivity contribution is 8.00. The van der Waals surface area contributed by atoms with Crippen LogP contribution in [-0.4, -0.2) is 35.8 Å². The molecule has 2 heterocycles. The second-order valence-electron chi connectivity index (χ2n) is 6.39. The molecule has 1 aliphatic rings. The summed E-state index contributed by atoms with van der Waals surface area (Å²) < 4.78 is 7.41. The van der Waals surface area contributed by atoms with Gasteiger partial charge in [0.15, 0.2) is 4.34 Å². The number of rotatable bonds is 5. The molecule has 1 fully saturated rings. The summed E-state index contributed by atoms with van der Waals surface area (Å²) in [5.41, 5.74) is 2.68. The van der Waals surface area contributed by atoms with E-state index in [-0.39, 0.29) is 11.8 Å². The van der Waals surface area contributed by atoms with Crippen LogP contribution in [-0.2, 0) is 9.53 Å². The molecule has 1 aromatic heterocycles. The molecule has 2 N–H and O–H groups in total. The van der Waals surface area contributed by atoms with Crippen LogP contribution in [0.25, 0.3) is 10.2 Å². The molecule has 2 aromatic carbocycles. The van der Waals surface area contributed by atoms with Gasteiger partial charge in [0.25, 0.3) is 11.8 Å². The number of carbonyl (C=O) groups excluding carboxylic acids is 2. The van der Waals surface area contributed by atoms with E-state index in [4.69, 9.17) is 4.74 Å². The van der Waals surface area contributed by atoms with E-state index in [1.54, 1.807) is 47.4 Å². The second kappa shape index (κ2) is 8.30. The molecule has 0 radical (unpaired) electrons. The van der Waals surface area contributed by atoms with E-state index in [1.165, 1.54) is 0 Å². The number of ether oxygens (including phenoxy) is 1. The van der Waals surface area contributed by atoms with Crippen molar-refractivity contribution in [2.45, 2.75) is 23.3 Å². The Morgan fingerprint density at radius 2 is 2.04 bits per heavy atom. The minimum atomic E-state index is -0.408. The van der Waals surface area contributed by atoms with Crippen molar-refractivity contribution in [1.82, 2.24) is 4.98 Å². The zero-order valence-electron chi connectivity index (χ0n) is 15.2. The summed E-state index contributed by atoms with van der Waals surface area (Å²) in [5.74, 6) is -0.405. The lowest BCUT2D eigenvalue weighted by Crippen LogP contribution is -2.27. The molecule has 6 nitrogen and oxygen atoms in total. The van der Waals surface area contributed by atoms with Gasteiger partial charge in [-0.1, -0.05) is 17.8 Å². The maximum atomic E-state index is 12.6. The van der Waals surface area contributed by atoms with E-state index in [1.807, 2.05) is 24.5 Å². The monoisotopic (exact) mass is 413 g/mol. The van der Waals surface area contributed by atoms with Crippen LogP contribution in [0.2, 0.25) is 0 Å². The molecule has 4 rings (SSSR count). The topological polar surface area (TPSA) is 80.3 Å². The maximum Gasteiger partial charge on any atom is 0.255 e. The van der Waals surface area contributed by atoms with Gasteiger partial charge in [-0.05, 0) is 55.5 Å². The summed E-state index contributed by atoms with van der Waals surface area (Å²) in [6, 6.07) is 12.6. The number of aromatic nitrogens is 1. The number of thioether (sulfide) groups is 1. The van der Waals surface area contributed by atoms with Gasteiger partial charge in [-0.25, -0.2) is 4.98 Å². The smallest absolute Gasteiger partial charge is 0.255 e. The molecular formula is C20H19N3O3S2. The number of hydrogen-bond donors (Lipinski definition) is 2.